The molecule has 1 aromatic heterocycles. The molecule has 1 aliphatic rings. The van der Waals surface area contributed by atoms with Gasteiger partial charge in [0.2, 0.25) is 5.91 Å². The third kappa shape index (κ3) is 4.58. The van der Waals surface area contributed by atoms with E-state index in [2.05, 4.69) is 17.2 Å². The summed E-state index contributed by atoms with van der Waals surface area (Å²) in [5, 5.41) is 6.04. The van der Waals surface area contributed by atoms with Crippen LogP contribution in [0, 0.1) is 5.82 Å². The van der Waals surface area contributed by atoms with E-state index in [1.54, 1.807) is 10.8 Å². The first kappa shape index (κ1) is 22.1. The van der Waals surface area contributed by atoms with Crippen LogP contribution in [0.25, 0.3) is 17.0 Å². The standard InChI is InChI=1S/C24H19FN4O3S/c1-2-11-29-23(32)19(22(31)27-24(29)33)12-15-13-28(20-6-4-3-5-18(15)20)14-21(30)26-17-9-7-16(25)8-10-17/h2-10,12-13H,1,11,14H2,(H,26,30)(H,27,31,33)/b19-12+. The van der Waals surface area contributed by atoms with E-state index in [1.165, 1.54) is 41.3 Å². The first-order valence-electron chi connectivity index (χ1n) is 10.0. The first-order valence-corrected chi connectivity index (χ1v) is 10.4. The quantitative estimate of drug-likeness (QED) is 0.255. The number of carbonyl (C=O) groups excluding carboxylic acids is 3. The van der Waals surface area contributed by atoms with Gasteiger partial charge in [-0.2, -0.15) is 0 Å². The third-order valence-corrected chi connectivity index (χ3v) is 5.38. The highest BCUT2D eigenvalue weighted by Crippen LogP contribution is 2.25. The fourth-order valence-corrected chi connectivity index (χ4v) is 3.80. The van der Waals surface area contributed by atoms with E-state index in [0.29, 0.717) is 11.3 Å². The minimum Gasteiger partial charge on any atom is -0.337 e. The summed E-state index contributed by atoms with van der Waals surface area (Å²) in [4.78, 5) is 39.2. The van der Waals surface area contributed by atoms with Crippen LogP contribution in [0.5, 0.6) is 0 Å². The molecule has 3 amide bonds. The van der Waals surface area contributed by atoms with Crippen LogP contribution in [0.15, 0.2) is 73.0 Å². The van der Waals surface area contributed by atoms with Crippen LogP contribution in [0.1, 0.15) is 5.56 Å². The maximum Gasteiger partial charge on any atom is 0.265 e. The van der Waals surface area contributed by atoms with Gasteiger partial charge in [-0.25, -0.2) is 4.39 Å². The van der Waals surface area contributed by atoms with Crippen molar-refractivity contribution >= 4 is 57.7 Å². The summed E-state index contributed by atoms with van der Waals surface area (Å²) < 4.78 is 14.8. The average molecular weight is 463 g/mol. The van der Waals surface area contributed by atoms with E-state index in [4.69, 9.17) is 12.2 Å². The minimum absolute atomic E-state index is 0.0200. The van der Waals surface area contributed by atoms with Crippen LogP contribution in [-0.4, -0.2) is 38.8 Å². The van der Waals surface area contributed by atoms with Crippen LogP contribution in [0.2, 0.25) is 0 Å². The van der Waals surface area contributed by atoms with Gasteiger partial charge in [0.25, 0.3) is 11.8 Å². The number of nitrogens with one attached hydrogen (secondary N) is 2. The van der Waals surface area contributed by atoms with E-state index in [-0.39, 0.29) is 29.7 Å². The molecule has 1 saturated heterocycles. The molecule has 2 N–H and O–H groups in total. The fourth-order valence-electron chi connectivity index (χ4n) is 3.55. The van der Waals surface area contributed by atoms with Crippen LogP contribution in [0.3, 0.4) is 0 Å². The summed E-state index contributed by atoms with van der Waals surface area (Å²) in [6, 6.07) is 12.8. The Hall–Kier alpha value is -4.11. The fraction of sp³-hybridized carbons (Fsp3) is 0.0833. The second-order valence-electron chi connectivity index (χ2n) is 7.31. The molecule has 33 heavy (non-hydrogen) atoms. The number of hydrogen-bond donors (Lipinski definition) is 2. The van der Waals surface area contributed by atoms with Crippen molar-refractivity contribution in [2.45, 2.75) is 6.54 Å². The Labute approximate surface area is 194 Å². The normalized spacial score (nSPS) is 15.1. The Kier molecular flexibility index (Phi) is 6.14. The molecule has 1 aliphatic heterocycles. The van der Waals surface area contributed by atoms with Crippen molar-refractivity contribution in [3.05, 3.63) is 84.3 Å². The molecular formula is C24H19FN4O3S. The Balaban J connectivity index is 1.65. The van der Waals surface area contributed by atoms with Crippen LogP contribution in [-0.2, 0) is 20.9 Å². The SMILES string of the molecule is C=CCN1C(=O)/C(=C/c2cn(CC(=O)Nc3ccc(F)cc3)c3ccccc23)C(=O)NC1=S. The van der Waals surface area contributed by atoms with Crippen LogP contribution in [0.4, 0.5) is 10.1 Å². The molecule has 3 aromatic rings. The summed E-state index contributed by atoms with van der Waals surface area (Å²) in [7, 11) is 0. The smallest absolute Gasteiger partial charge is 0.265 e. The highest BCUT2D eigenvalue weighted by Gasteiger charge is 2.32. The molecule has 9 heteroatoms. The molecule has 0 aliphatic carbocycles. The average Bonchev–Trinajstić information content (AvgIpc) is 3.13. The molecule has 0 unspecified atom stereocenters. The number of para-hydroxylation sites is 1. The zero-order valence-electron chi connectivity index (χ0n) is 17.4. The van der Waals surface area contributed by atoms with Gasteiger partial charge in [0.15, 0.2) is 5.11 Å². The summed E-state index contributed by atoms with van der Waals surface area (Å²) in [6.45, 7) is 3.76. The van der Waals surface area contributed by atoms with Gasteiger partial charge in [-0.05, 0) is 48.6 Å². The lowest BCUT2D eigenvalue weighted by Crippen LogP contribution is -2.53. The molecule has 0 bridgehead atoms. The second-order valence-corrected chi connectivity index (χ2v) is 7.69. The summed E-state index contributed by atoms with van der Waals surface area (Å²) in [6.07, 6.45) is 4.71. The summed E-state index contributed by atoms with van der Waals surface area (Å²) >= 11 is 5.08. The zero-order valence-corrected chi connectivity index (χ0v) is 18.2. The van der Waals surface area contributed by atoms with Gasteiger partial charge >= 0.3 is 0 Å². The summed E-state index contributed by atoms with van der Waals surface area (Å²) in [5.74, 6) is -1.81. The monoisotopic (exact) mass is 462 g/mol. The van der Waals surface area contributed by atoms with Crippen molar-refractivity contribution in [1.82, 2.24) is 14.8 Å². The van der Waals surface area contributed by atoms with Gasteiger partial charge < -0.3 is 9.88 Å². The number of rotatable bonds is 6. The molecule has 0 radical (unpaired) electrons. The summed E-state index contributed by atoms with van der Waals surface area (Å²) in [5.41, 5.74) is 1.76. The van der Waals surface area contributed by atoms with E-state index in [1.807, 2.05) is 24.3 Å². The van der Waals surface area contributed by atoms with Gasteiger partial charge in [-0.3, -0.25) is 24.6 Å². The van der Waals surface area contributed by atoms with Gasteiger partial charge in [0.1, 0.15) is 17.9 Å². The topological polar surface area (TPSA) is 83.4 Å². The molecule has 166 valence electrons. The van der Waals surface area contributed by atoms with E-state index >= 15 is 0 Å². The Bertz CT molecular complexity index is 1330. The first-order chi connectivity index (χ1) is 15.9. The maximum absolute atomic E-state index is 13.1. The van der Waals surface area contributed by atoms with Crippen LogP contribution < -0.4 is 10.6 Å². The molecule has 7 nitrogen and oxygen atoms in total. The molecule has 2 heterocycles. The molecule has 2 aromatic carbocycles. The molecule has 0 saturated carbocycles. The highest BCUT2D eigenvalue weighted by molar-refractivity contribution is 7.80. The number of fused-ring (bicyclic) bond motifs is 1. The number of hydrogen-bond acceptors (Lipinski definition) is 4. The number of carbonyl (C=O) groups is 3. The lowest BCUT2D eigenvalue weighted by atomic mass is 10.1. The predicted octanol–water partition coefficient (Wildman–Crippen LogP) is 3.23. The number of thiocarbonyl (C=S) groups is 1. The number of amides is 3. The van der Waals surface area contributed by atoms with Gasteiger partial charge in [-0.15, -0.1) is 6.58 Å². The van der Waals surface area contributed by atoms with E-state index in [9.17, 15) is 18.8 Å². The zero-order chi connectivity index (χ0) is 23.5. The molecule has 4 rings (SSSR count). The van der Waals surface area contributed by atoms with Gasteiger partial charge in [-0.1, -0.05) is 24.3 Å². The molecule has 1 fully saturated rings. The lowest BCUT2D eigenvalue weighted by molar-refractivity contribution is -0.128. The number of nitrogens with zero attached hydrogens (tertiary/aromatic N) is 2. The minimum atomic E-state index is -0.587. The van der Waals surface area contributed by atoms with Gasteiger partial charge in [0, 0.05) is 34.9 Å². The molecule has 0 atom stereocenters. The van der Waals surface area contributed by atoms with E-state index in [0.717, 1.165) is 10.9 Å². The predicted molar refractivity (Wildman–Crippen MR) is 128 cm³/mol. The second kappa shape index (κ2) is 9.17. The lowest BCUT2D eigenvalue weighted by Gasteiger charge is -2.27. The largest absolute Gasteiger partial charge is 0.337 e. The van der Waals surface area contributed by atoms with Crippen molar-refractivity contribution in [2.24, 2.45) is 0 Å². The molecule has 0 spiro atoms. The highest BCUT2D eigenvalue weighted by atomic mass is 32.1. The van der Waals surface area contributed by atoms with Crippen molar-refractivity contribution in [3.63, 3.8) is 0 Å². The number of benzene rings is 2. The van der Waals surface area contributed by atoms with Gasteiger partial charge in [0.05, 0.1) is 0 Å². The third-order valence-electron chi connectivity index (χ3n) is 5.06. The van der Waals surface area contributed by atoms with Crippen molar-refractivity contribution in [1.29, 1.82) is 0 Å². The number of anilines is 1. The Morgan fingerprint density at radius 1 is 1.15 bits per heavy atom. The Morgan fingerprint density at radius 3 is 2.61 bits per heavy atom. The maximum atomic E-state index is 13.1. The van der Waals surface area contributed by atoms with Crippen molar-refractivity contribution in [3.8, 4) is 0 Å². The van der Waals surface area contributed by atoms with Crippen molar-refractivity contribution < 1.29 is 18.8 Å². The number of aromatic nitrogens is 1. The van der Waals surface area contributed by atoms with Crippen LogP contribution >= 0.6 is 12.2 Å². The number of halogens is 1. The molecular weight excluding hydrogens is 443 g/mol. The van der Waals surface area contributed by atoms with Crippen molar-refractivity contribution in [2.75, 3.05) is 11.9 Å². The Morgan fingerprint density at radius 2 is 1.88 bits per heavy atom. The van der Waals surface area contributed by atoms with E-state index < -0.39 is 17.6 Å².